The van der Waals surface area contributed by atoms with Crippen LogP contribution in [0.2, 0.25) is 0 Å². The number of carbonyl (C=O) groups is 6. The highest BCUT2D eigenvalue weighted by Gasteiger charge is 2.40. The van der Waals surface area contributed by atoms with Gasteiger partial charge in [-0.25, -0.2) is 27.8 Å². The highest BCUT2D eigenvalue weighted by molar-refractivity contribution is 7.91. The minimum absolute atomic E-state index is 0.0917. The van der Waals surface area contributed by atoms with Crippen LogP contribution >= 0.6 is 0 Å². The van der Waals surface area contributed by atoms with E-state index < -0.39 is 55.2 Å². The molecule has 2 aliphatic rings. The zero-order valence-corrected chi connectivity index (χ0v) is 24.4. The van der Waals surface area contributed by atoms with Crippen LogP contribution in [-0.2, 0) is 9.84 Å². The summed E-state index contributed by atoms with van der Waals surface area (Å²) in [5.41, 5.74) is -1.45. The van der Waals surface area contributed by atoms with Gasteiger partial charge in [-0.15, -0.1) is 12.8 Å². The van der Waals surface area contributed by atoms with Crippen LogP contribution in [-0.4, -0.2) is 54.2 Å². The number of nitrogens with zero attached hydrogens (tertiary/aromatic N) is 2. The van der Waals surface area contributed by atoms with Crippen molar-refractivity contribution >= 4 is 56.8 Å². The molecule has 0 saturated carbocycles. The van der Waals surface area contributed by atoms with E-state index in [0.29, 0.717) is 9.80 Å². The van der Waals surface area contributed by atoms with Crippen molar-refractivity contribution in [3.05, 3.63) is 117 Å². The van der Waals surface area contributed by atoms with Crippen molar-refractivity contribution in [2.24, 2.45) is 0 Å². The summed E-state index contributed by atoms with van der Waals surface area (Å²) in [4.78, 5) is 76.9. The van der Waals surface area contributed by atoms with Crippen molar-refractivity contribution in [1.29, 1.82) is 0 Å². The summed E-state index contributed by atoms with van der Waals surface area (Å²) in [5.74, 6) is -1.69. The highest BCUT2D eigenvalue weighted by atomic mass is 32.2. The van der Waals surface area contributed by atoms with Crippen LogP contribution in [0.15, 0.2) is 82.6 Å². The molecule has 4 aromatic rings. The first-order valence-electron chi connectivity index (χ1n) is 13.3. The van der Waals surface area contributed by atoms with Crippen molar-refractivity contribution in [1.82, 2.24) is 0 Å². The number of hydrogen-bond donors (Lipinski definition) is 2. The molecule has 0 atom stereocenters. The van der Waals surface area contributed by atoms with Gasteiger partial charge in [0.25, 0.3) is 23.6 Å². The molecular formula is C34H16N2O10S. The molecule has 0 fully saturated rings. The molecule has 12 nitrogen and oxygen atoms in total. The molecule has 0 aliphatic carbocycles. The van der Waals surface area contributed by atoms with Gasteiger partial charge in [0.15, 0.2) is 0 Å². The van der Waals surface area contributed by atoms with Gasteiger partial charge in [0.05, 0.1) is 54.5 Å². The zero-order valence-electron chi connectivity index (χ0n) is 23.5. The van der Waals surface area contributed by atoms with Crippen LogP contribution in [0, 0.1) is 24.7 Å². The molecule has 0 spiro atoms. The van der Waals surface area contributed by atoms with E-state index in [4.69, 9.17) is 12.8 Å². The fourth-order valence-corrected chi connectivity index (χ4v) is 6.59. The molecule has 0 bridgehead atoms. The molecule has 228 valence electrons. The average molecular weight is 645 g/mol. The first kappa shape index (κ1) is 30.2. The maximum absolute atomic E-state index is 13.7. The Labute approximate surface area is 265 Å². The van der Waals surface area contributed by atoms with Crippen molar-refractivity contribution in [3.8, 4) is 24.7 Å². The number of anilines is 2. The minimum atomic E-state index is -4.46. The SMILES string of the molecule is C#Cc1cc(C(=O)O)cc(N2C(=O)c3ccc(S(=O)(=O)c4ccc5c(c4)C(=O)N(c4cc(C#C)cc(C(=O)O)c4)C5=O)cc3C2=O)c1. The van der Waals surface area contributed by atoms with Crippen molar-refractivity contribution in [2.45, 2.75) is 9.79 Å². The molecule has 6 rings (SSSR count). The molecule has 13 heteroatoms. The van der Waals surface area contributed by atoms with Gasteiger partial charge in [0.1, 0.15) is 0 Å². The smallest absolute Gasteiger partial charge is 0.335 e. The van der Waals surface area contributed by atoms with Crippen LogP contribution in [0.25, 0.3) is 0 Å². The second kappa shape index (κ2) is 10.7. The average Bonchev–Trinajstić information content (AvgIpc) is 3.47. The van der Waals surface area contributed by atoms with Crippen molar-refractivity contribution < 1.29 is 47.4 Å². The molecular weight excluding hydrogens is 628 g/mol. The number of imide groups is 2. The number of sulfone groups is 1. The number of terminal acetylenes is 2. The fraction of sp³-hybridized carbons (Fsp3) is 0. The maximum atomic E-state index is 13.7. The summed E-state index contributed by atoms with van der Waals surface area (Å²) >= 11 is 0. The summed E-state index contributed by atoms with van der Waals surface area (Å²) in [7, 11) is -4.46. The maximum Gasteiger partial charge on any atom is 0.335 e. The van der Waals surface area contributed by atoms with Crippen LogP contribution < -0.4 is 9.80 Å². The molecule has 2 N–H and O–H groups in total. The number of aromatic carboxylic acids is 2. The summed E-state index contributed by atoms with van der Waals surface area (Å²) in [6.45, 7) is 0. The Kier molecular flexibility index (Phi) is 6.85. The number of hydrogen-bond acceptors (Lipinski definition) is 8. The van der Waals surface area contributed by atoms with Gasteiger partial charge in [-0.3, -0.25) is 19.2 Å². The van der Waals surface area contributed by atoms with Gasteiger partial charge in [0, 0.05) is 11.1 Å². The minimum Gasteiger partial charge on any atom is -0.478 e. The van der Waals surface area contributed by atoms with E-state index in [2.05, 4.69) is 11.8 Å². The summed E-state index contributed by atoms with van der Waals surface area (Å²) in [6, 6.07) is 13.5. The van der Waals surface area contributed by atoms with Gasteiger partial charge in [0.2, 0.25) is 9.84 Å². The molecule has 4 amide bonds. The Morgan fingerprint density at radius 3 is 1.26 bits per heavy atom. The van der Waals surface area contributed by atoms with Crippen LogP contribution in [0.3, 0.4) is 0 Å². The summed E-state index contributed by atoms with van der Waals surface area (Å²) in [5, 5.41) is 18.9. The number of benzene rings is 4. The number of carbonyl (C=O) groups excluding carboxylic acids is 4. The molecule has 0 aromatic heterocycles. The predicted octanol–water partition coefficient (Wildman–Crippen LogP) is 3.48. The lowest BCUT2D eigenvalue weighted by Crippen LogP contribution is -2.29. The van der Waals surface area contributed by atoms with Gasteiger partial charge >= 0.3 is 11.9 Å². The number of rotatable bonds is 6. The summed E-state index contributed by atoms with van der Waals surface area (Å²) < 4.78 is 27.4. The lowest BCUT2D eigenvalue weighted by molar-refractivity contribution is 0.0686. The van der Waals surface area contributed by atoms with Gasteiger partial charge in [-0.2, -0.15) is 0 Å². The van der Waals surface area contributed by atoms with Crippen molar-refractivity contribution in [3.63, 3.8) is 0 Å². The number of fused-ring (bicyclic) bond motifs is 2. The molecule has 0 saturated heterocycles. The Balaban J connectivity index is 1.36. The normalized spacial score (nSPS) is 13.7. The number of carboxylic acids is 2. The highest BCUT2D eigenvalue weighted by Crippen LogP contribution is 2.35. The van der Waals surface area contributed by atoms with E-state index >= 15 is 0 Å². The first-order valence-corrected chi connectivity index (χ1v) is 14.8. The van der Waals surface area contributed by atoms with E-state index in [1.807, 2.05) is 0 Å². The second-order valence-electron chi connectivity index (χ2n) is 10.2. The monoisotopic (exact) mass is 644 g/mol. The Morgan fingerprint density at radius 1 is 0.553 bits per heavy atom. The quantitative estimate of drug-likeness (QED) is 0.233. The van der Waals surface area contributed by atoms with Gasteiger partial charge < -0.3 is 10.2 Å². The Bertz CT molecular complexity index is 2240. The van der Waals surface area contributed by atoms with Crippen LogP contribution in [0.4, 0.5) is 11.4 Å². The third-order valence-corrected chi connectivity index (χ3v) is 9.26. The second-order valence-corrected chi connectivity index (χ2v) is 12.2. The van der Waals surface area contributed by atoms with E-state index in [1.165, 1.54) is 24.3 Å². The van der Waals surface area contributed by atoms with E-state index in [1.54, 1.807) is 0 Å². The molecule has 0 unspecified atom stereocenters. The largest absolute Gasteiger partial charge is 0.478 e. The lowest BCUT2D eigenvalue weighted by atomic mass is 10.1. The van der Waals surface area contributed by atoms with Gasteiger partial charge in [-0.1, -0.05) is 11.8 Å². The fourth-order valence-electron chi connectivity index (χ4n) is 5.27. The number of amides is 4. The standard InChI is InChI=1S/C34H16N2O10S/c1-3-17-9-19(33(41)42)13-21(11-17)35-29(37)25-7-5-23(15-27(25)31(35)39)47(45,46)24-6-8-26-28(16-24)32(40)36(30(26)38)22-12-18(4-2)10-20(14-22)34(43)44/h1-2,5-16H,(H,41,42)(H,43,44). The van der Waals surface area contributed by atoms with Gasteiger partial charge in [-0.05, 0) is 72.8 Å². The molecule has 2 aliphatic heterocycles. The predicted molar refractivity (Wildman–Crippen MR) is 163 cm³/mol. The first-order chi connectivity index (χ1) is 22.3. The van der Waals surface area contributed by atoms with E-state index in [-0.39, 0.29) is 55.9 Å². The van der Waals surface area contributed by atoms with Crippen molar-refractivity contribution in [2.75, 3.05) is 9.80 Å². The molecule has 2 heterocycles. The Hall–Kier alpha value is -6.83. The third kappa shape index (κ3) is 4.71. The topological polar surface area (TPSA) is 183 Å². The molecule has 4 aromatic carbocycles. The van der Waals surface area contributed by atoms with E-state index in [9.17, 15) is 47.4 Å². The van der Waals surface area contributed by atoms with E-state index in [0.717, 1.165) is 48.5 Å². The molecule has 47 heavy (non-hydrogen) atoms. The van der Waals surface area contributed by atoms with Crippen LogP contribution in [0.1, 0.15) is 73.3 Å². The summed E-state index contributed by atoms with van der Waals surface area (Å²) in [6.07, 6.45) is 10.8. The number of carboxylic acid groups (broad SMARTS) is 2. The zero-order chi connectivity index (χ0) is 33.9. The third-order valence-electron chi connectivity index (χ3n) is 7.52. The lowest BCUT2D eigenvalue weighted by Gasteiger charge is -2.15. The Morgan fingerprint density at radius 2 is 0.915 bits per heavy atom. The molecule has 0 radical (unpaired) electrons. The van der Waals surface area contributed by atoms with Crippen LogP contribution in [0.5, 0.6) is 0 Å².